The zero-order valence-electron chi connectivity index (χ0n) is 12.1. The number of ether oxygens (including phenoxy) is 1. The molecular formula is C13H22N4OS2. The van der Waals surface area contributed by atoms with Crippen molar-refractivity contribution in [2.45, 2.75) is 11.7 Å². The topological polar surface area (TPSA) is 50.3 Å². The Kier molecular flexibility index (Phi) is 6.92. The molecule has 0 saturated carbocycles. The first kappa shape index (κ1) is 15.9. The zero-order valence-corrected chi connectivity index (χ0v) is 13.7. The second kappa shape index (κ2) is 8.71. The van der Waals surface area contributed by atoms with Gasteiger partial charge in [-0.25, -0.2) is 9.97 Å². The van der Waals surface area contributed by atoms with Gasteiger partial charge in [-0.2, -0.15) is 11.8 Å². The van der Waals surface area contributed by atoms with E-state index in [1.165, 1.54) is 5.56 Å². The van der Waals surface area contributed by atoms with Gasteiger partial charge in [-0.3, -0.25) is 0 Å². The summed E-state index contributed by atoms with van der Waals surface area (Å²) < 4.78 is 5.42. The smallest absolute Gasteiger partial charge is 0.189 e. The van der Waals surface area contributed by atoms with Crippen LogP contribution in [-0.4, -0.2) is 61.1 Å². The number of rotatable bonds is 7. The van der Waals surface area contributed by atoms with Crippen LogP contribution in [0, 0.1) is 0 Å². The van der Waals surface area contributed by atoms with Crippen LogP contribution in [-0.2, 0) is 11.3 Å². The van der Waals surface area contributed by atoms with Gasteiger partial charge in [0.1, 0.15) is 5.82 Å². The van der Waals surface area contributed by atoms with Crippen molar-refractivity contribution in [1.82, 2.24) is 15.3 Å². The average molecular weight is 314 g/mol. The molecule has 0 radical (unpaired) electrons. The number of nitrogens with one attached hydrogen (secondary N) is 1. The Morgan fingerprint density at radius 3 is 2.85 bits per heavy atom. The normalized spacial score (nSPS) is 15.6. The molecule has 20 heavy (non-hydrogen) atoms. The summed E-state index contributed by atoms with van der Waals surface area (Å²) in [6, 6.07) is 0. The first-order valence-electron chi connectivity index (χ1n) is 6.77. The molecule has 0 aliphatic carbocycles. The molecule has 0 spiro atoms. The van der Waals surface area contributed by atoms with E-state index >= 15 is 0 Å². The molecule has 1 aliphatic heterocycles. The highest BCUT2D eigenvalue weighted by molar-refractivity contribution is 7.98. The van der Waals surface area contributed by atoms with Gasteiger partial charge in [-0.05, 0) is 12.5 Å². The molecule has 1 aliphatic rings. The molecule has 7 heteroatoms. The molecule has 2 rings (SSSR count). The van der Waals surface area contributed by atoms with E-state index in [-0.39, 0.29) is 0 Å². The molecule has 2 heterocycles. The number of morpholine rings is 1. The predicted molar refractivity (Wildman–Crippen MR) is 86.9 cm³/mol. The lowest BCUT2D eigenvalue weighted by Crippen LogP contribution is -2.38. The summed E-state index contributed by atoms with van der Waals surface area (Å²) in [4.78, 5) is 11.4. The van der Waals surface area contributed by atoms with Crippen LogP contribution in [0.4, 0.5) is 5.82 Å². The Bertz CT molecular complexity index is 413. The number of hydrogen-bond donors (Lipinski definition) is 1. The fraction of sp³-hybridized carbons (Fsp3) is 0.692. The number of thioether (sulfide) groups is 2. The van der Waals surface area contributed by atoms with Crippen molar-refractivity contribution >= 4 is 29.3 Å². The van der Waals surface area contributed by atoms with E-state index in [1.54, 1.807) is 11.8 Å². The van der Waals surface area contributed by atoms with Crippen molar-refractivity contribution in [3.63, 3.8) is 0 Å². The van der Waals surface area contributed by atoms with Crippen LogP contribution in [0.15, 0.2) is 11.4 Å². The zero-order chi connectivity index (χ0) is 14.2. The molecule has 0 atom stereocenters. The van der Waals surface area contributed by atoms with Gasteiger partial charge in [0, 0.05) is 43.7 Å². The van der Waals surface area contributed by atoms with E-state index in [0.29, 0.717) is 0 Å². The maximum absolute atomic E-state index is 5.42. The van der Waals surface area contributed by atoms with Crippen LogP contribution in [0.2, 0.25) is 0 Å². The molecule has 0 aromatic carbocycles. The maximum Gasteiger partial charge on any atom is 0.189 e. The standard InChI is InChI=1S/C13H22N4OS2/c1-19-8-3-14-9-11-10-15-13(20-2)16-12(11)17-4-6-18-7-5-17/h10,14H,3-9H2,1-2H3. The molecule has 112 valence electrons. The Morgan fingerprint density at radius 2 is 2.15 bits per heavy atom. The van der Waals surface area contributed by atoms with Gasteiger partial charge in [-0.1, -0.05) is 11.8 Å². The summed E-state index contributed by atoms with van der Waals surface area (Å²) in [7, 11) is 0. The minimum absolute atomic E-state index is 0.776. The van der Waals surface area contributed by atoms with Gasteiger partial charge < -0.3 is 15.0 Å². The fourth-order valence-electron chi connectivity index (χ4n) is 2.05. The van der Waals surface area contributed by atoms with E-state index in [2.05, 4.69) is 21.5 Å². The first-order chi connectivity index (χ1) is 9.85. The Balaban J connectivity index is 2.07. The third-order valence-electron chi connectivity index (χ3n) is 3.11. The second-order valence-electron chi connectivity index (χ2n) is 4.47. The SMILES string of the molecule is CSCCNCc1cnc(SC)nc1N1CCOCC1. The first-order valence-corrected chi connectivity index (χ1v) is 9.39. The second-order valence-corrected chi connectivity index (χ2v) is 6.23. The van der Waals surface area contributed by atoms with Gasteiger partial charge in [0.2, 0.25) is 0 Å². The molecule has 1 aromatic rings. The van der Waals surface area contributed by atoms with Crippen LogP contribution < -0.4 is 10.2 Å². The van der Waals surface area contributed by atoms with Gasteiger partial charge in [0.25, 0.3) is 0 Å². The van der Waals surface area contributed by atoms with Gasteiger partial charge in [0.15, 0.2) is 5.16 Å². The van der Waals surface area contributed by atoms with Gasteiger partial charge >= 0.3 is 0 Å². The largest absolute Gasteiger partial charge is 0.378 e. The van der Waals surface area contributed by atoms with Crippen molar-refractivity contribution in [2.75, 3.05) is 56.0 Å². The Hall–Kier alpha value is -0.500. The van der Waals surface area contributed by atoms with Gasteiger partial charge in [-0.15, -0.1) is 0 Å². The summed E-state index contributed by atoms with van der Waals surface area (Å²) >= 11 is 3.43. The fourth-order valence-corrected chi connectivity index (χ4v) is 2.74. The van der Waals surface area contributed by atoms with Crippen molar-refractivity contribution in [3.05, 3.63) is 11.8 Å². The van der Waals surface area contributed by atoms with Crippen molar-refractivity contribution < 1.29 is 4.74 Å². The third kappa shape index (κ3) is 4.51. The average Bonchev–Trinajstić information content (AvgIpc) is 2.52. The minimum Gasteiger partial charge on any atom is -0.378 e. The Labute approximate surface area is 129 Å². The summed E-state index contributed by atoms with van der Waals surface area (Å²) in [6.07, 6.45) is 6.09. The van der Waals surface area contributed by atoms with E-state index < -0.39 is 0 Å². The lowest BCUT2D eigenvalue weighted by molar-refractivity contribution is 0.122. The van der Waals surface area contributed by atoms with E-state index in [0.717, 1.165) is 56.1 Å². The lowest BCUT2D eigenvalue weighted by atomic mass is 10.2. The third-order valence-corrected chi connectivity index (χ3v) is 4.29. The summed E-state index contributed by atoms with van der Waals surface area (Å²) in [6.45, 7) is 5.19. The lowest BCUT2D eigenvalue weighted by Gasteiger charge is -2.29. The van der Waals surface area contributed by atoms with Crippen molar-refractivity contribution in [2.24, 2.45) is 0 Å². The Morgan fingerprint density at radius 1 is 1.35 bits per heavy atom. The molecule has 1 N–H and O–H groups in total. The van der Waals surface area contributed by atoms with Gasteiger partial charge in [0.05, 0.1) is 13.2 Å². The van der Waals surface area contributed by atoms with Crippen molar-refractivity contribution in [3.8, 4) is 0 Å². The monoisotopic (exact) mass is 314 g/mol. The van der Waals surface area contributed by atoms with Crippen LogP contribution >= 0.6 is 23.5 Å². The molecule has 1 aromatic heterocycles. The summed E-state index contributed by atoms with van der Waals surface area (Å²) in [5.41, 5.74) is 1.17. The number of anilines is 1. The minimum atomic E-state index is 0.776. The molecule has 0 amide bonds. The highest BCUT2D eigenvalue weighted by Crippen LogP contribution is 2.21. The van der Waals surface area contributed by atoms with Crippen LogP contribution in [0.25, 0.3) is 0 Å². The highest BCUT2D eigenvalue weighted by Gasteiger charge is 2.17. The molecular weight excluding hydrogens is 292 g/mol. The molecule has 5 nitrogen and oxygen atoms in total. The van der Waals surface area contributed by atoms with E-state index in [1.807, 2.05) is 24.2 Å². The maximum atomic E-state index is 5.42. The van der Waals surface area contributed by atoms with Crippen LogP contribution in [0.3, 0.4) is 0 Å². The number of nitrogens with zero attached hydrogens (tertiary/aromatic N) is 3. The van der Waals surface area contributed by atoms with E-state index in [4.69, 9.17) is 9.72 Å². The van der Waals surface area contributed by atoms with Crippen LogP contribution in [0.5, 0.6) is 0 Å². The predicted octanol–water partition coefficient (Wildman–Crippen LogP) is 1.49. The number of hydrogen-bond acceptors (Lipinski definition) is 7. The number of aromatic nitrogens is 2. The highest BCUT2D eigenvalue weighted by atomic mass is 32.2. The summed E-state index contributed by atoms with van der Waals surface area (Å²) in [5, 5.41) is 4.29. The molecule has 0 unspecified atom stereocenters. The molecule has 1 saturated heterocycles. The quantitative estimate of drug-likeness (QED) is 0.465. The van der Waals surface area contributed by atoms with Crippen molar-refractivity contribution in [1.29, 1.82) is 0 Å². The molecule has 1 fully saturated rings. The molecule has 0 bridgehead atoms. The van der Waals surface area contributed by atoms with Crippen LogP contribution in [0.1, 0.15) is 5.56 Å². The van der Waals surface area contributed by atoms with E-state index in [9.17, 15) is 0 Å². The summed E-state index contributed by atoms with van der Waals surface area (Å²) in [5.74, 6) is 2.18.